The number of carbonyl (C=O) groups is 3. The van der Waals surface area contributed by atoms with Gasteiger partial charge in [0.2, 0.25) is 0 Å². The molecule has 0 saturated carbocycles. The van der Waals surface area contributed by atoms with Crippen molar-refractivity contribution in [2.45, 2.75) is 277 Å². The molecule has 9 nitrogen and oxygen atoms in total. The summed E-state index contributed by atoms with van der Waals surface area (Å²) in [5, 5.41) is 9.72. The van der Waals surface area contributed by atoms with E-state index in [4.69, 9.17) is 18.9 Å². The molecule has 0 amide bonds. The predicted octanol–water partition coefficient (Wildman–Crippen LogP) is 18.2. The molecule has 0 saturated heterocycles. The molecule has 9 heteroatoms. The maximum atomic E-state index is 12.9. The van der Waals surface area contributed by atoms with Crippen molar-refractivity contribution in [1.29, 1.82) is 0 Å². The summed E-state index contributed by atoms with van der Waals surface area (Å²) in [5.41, 5.74) is 0. The molecular weight excluding hydrogens is 923 g/mol. The van der Waals surface area contributed by atoms with Gasteiger partial charge in [-0.05, 0) is 64.2 Å². The number of aliphatic carboxylic acids is 1. The number of carboxylic acids is 1. The third kappa shape index (κ3) is 56.5. The van der Waals surface area contributed by atoms with Crippen molar-refractivity contribution in [3.8, 4) is 0 Å². The Morgan fingerprint density at radius 2 is 0.770 bits per heavy atom. The van der Waals surface area contributed by atoms with Crippen LogP contribution in [0.2, 0.25) is 0 Å². The van der Waals surface area contributed by atoms with Crippen LogP contribution in [-0.2, 0) is 33.3 Å². The number of rotatable bonds is 56. The number of allylic oxidation sites excluding steroid dienone is 12. The molecule has 0 spiro atoms. The quantitative estimate of drug-likeness (QED) is 0.0211. The van der Waals surface area contributed by atoms with Crippen molar-refractivity contribution >= 4 is 17.9 Å². The van der Waals surface area contributed by atoms with Crippen LogP contribution in [0.3, 0.4) is 0 Å². The highest BCUT2D eigenvalue weighted by molar-refractivity contribution is 5.71. The van der Waals surface area contributed by atoms with E-state index in [2.05, 4.69) is 86.8 Å². The Kier molecular flexibility index (Phi) is 53.5. The number of quaternary nitrogens is 1. The Balaban J connectivity index is 4.24. The van der Waals surface area contributed by atoms with E-state index in [1.807, 2.05) is 21.1 Å². The minimum Gasteiger partial charge on any atom is -0.477 e. The largest absolute Gasteiger partial charge is 0.477 e. The van der Waals surface area contributed by atoms with Gasteiger partial charge >= 0.3 is 17.9 Å². The van der Waals surface area contributed by atoms with E-state index in [1.165, 1.54) is 148 Å². The van der Waals surface area contributed by atoms with Crippen molar-refractivity contribution in [2.75, 3.05) is 47.5 Å². The molecule has 2 atom stereocenters. The van der Waals surface area contributed by atoms with Crippen LogP contribution in [0.5, 0.6) is 0 Å². The molecule has 0 aliphatic heterocycles. The molecule has 0 bridgehead atoms. The van der Waals surface area contributed by atoms with Crippen LogP contribution in [0.25, 0.3) is 0 Å². The number of unbranched alkanes of at least 4 members (excludes halogenated alkanes) is 29. The van der Waals surface area contributed by atoms with Crippen molar-refractivity contribution < 1.29 is 42.9 Å². The second kappa shape index (κ2) is 55.9. The van der Waals surface area contributed by atoms with Crippen LogP contribution in [0.1, 0.15) is 264 Å². The molecule has 0 heterocycles. The van der Waals surface area contributed by atoms with Crippen LogP contribution >= 0.6 is 0 Å². The van der Waals surface area contributed by atoms with Gasteiger partial charge in [0.05, 0.1) is 34.4 Å². The Morgan fingerprint density at radius 1 is 0.419 bits per heavy atom. The van der Waals surface area contributed by atoms with Gasteiger partial charge in [-0.15, -0.1) is 0 Å². The molecule has 0 aliphatic rings. The number of hydrogen-bond donors (Lipinski definition) is 1. The van der Waals surface area contributed by atoms with Crippen LogP contribution in [-0.4, -0.2) is 87.4 Å². The van der Waals surface area contributed by atoms with E-state index in [9.17, 15) is 19.5 Å². The minimum atomic E-state index is -1.51. The lowest BCUT2D eigenvalue weighted by atomic mass is 10.0. The summed E-state index contributed by atoms with van der Waals surface area (Å²) in [5.74, 6) is -2.01. The molecule has 0 radical (unpaired) electrons. The summed E-state index contributed by atoms with van der Waals surface area (Å²) in [7, 11) is 5.97. The molecule has 0 aromatic heterocycles. The summed E-state index contributed by atoms with van der Waals surface area (Å²) in [4.78, 5) is 37.5. The molecule has 0 aromatic carbocycles. The highest BCUT2D eigenvalue weighted by atomic mass is 16.7. The summed E-state index contributed by atoms with van der Waals surface area (Å²) in [6.07, 6.45) is 69.8. The van der Waals surface area contributed by atoms with Crippen molar-refractivity contribution in [1.82, 2.24) is 0 Å². The van der Waals surface area contributed by atoms with Gasteiger partial charge in [-0.3, -0.25) is 9.59 Å². The molecule has 0 aliphatic carbocycles. The molecule has 0 aromatic rings. The zero-order chi connectivity index (χ0) is 54.1. The van der Waals surface area contributed by atoms with Gasteiger partial charge in [0.25, 0.3) is 6.29 Å². The highest BCUT2D eigenvalue weighted by Gasteiger charge is 2.25. The van der Waals surface area contributed by atoms with Crippen molar-refractivity contribution in [3.63, 3.8) is 0 Å². The summed E-state index contributed by atoms with van der Waals surface area (Å²) >= 11 is 0. The highest BCUT2D eigenvalue weighted by Crippen LogP contribution is 2.17. The Labute approximate surface area is 456 Å². The molecule has 0 fully saturated rings. The number of nitrogens with zero attached hydrogens (tertiary/aromatic N) is 1. The van der Waals surface area contributed by atoms with Crippen LogP contribution in [0.15, 0.2) is 72.9 Å². The number of hydrogen-bond acceptors (Lipinski definition) is 7. The number of esters is 2. The van der Waals surface area contributed by atoms with E-state index in [-0.39, 0.29) is 32.2 Å². The molecule has 428 valence electrons. The first-order chi connectivity index (χ1) is 36.1. The van der Waals surface area contributed by atoms with Gasteiger partial charge in [-0.2, -0.15) is 0 Å². The summed E-state index contributed by atoms with van der Waals surface area (Å²) < 4.78 is 22.9. The predicted molar refractivity (Wildman–Crippen MR) is 313 cm³/mol. The summed E-state index contributed by atoms with van der Waals surface area (Å²) in [6, 6.07) is 0. The number of likely N-dealkylation sites (N-methyl/N-ethyl adjacent to an activating group) is 1. The second-order valence-corrected chi connectivity index (χ2v) is 21.6. The fourth-order valence-corrected chi connectivity index (χ4v) is 8.55. The fraction of sp³-hybridized carbons (Fsp3) is 0.769. The van der Waals surface area contributed by atoms with Gasteiger partial charge in [0.15, 0.2) is 6.10 Å². The van der Waals surface area contributed by atoms with Gasteiger partial charge in [-0.25, -0.2) is 4.79 Å². The third-order valence-electron chi connectivity index (χ3n) is 13.2. The topological polar surface area (TPSA) is 108 Å². The van der Waals surface area contributed by atoms with E-state index < -0.39 is 24.3 Å². The lowest BCUT2D eigenvalue weighted by molar-refractivity contribution is -0.870. The van der Waals surface area contributed by atoms with E-state index >= 15 is 0 Å². The van der Waals surface area contributed by atoms with E-state index in [1.54, 1.807) is 0 Å². The van der Waals surface area contributed by atoms with E-state index in [0.717, 1.165) is 83.5 Å². The smallest absolute Gasteiger partial charge is 0.361 e. The first-order valence-corrected chi connectivity index (χ1v) is 30.6. The van der Waals surface area contributed by atoms with Gasteiger partial charge < -0.3 is 28.5 Å². The zero-order valence-electron chi connectivity index (χ0n) is 48.7. The van der Waals surface area contributed by atoms with E-state index in [0.29, 0.717) is 23.9 Å². The van der Waals surface area contributed by atoms with Gasteiger partial charge in [-0.1, -0.05) is 260 Å². The lowest BCUT2D eigenvalue weighted by Gasteiger charge is -2.25. The first kappa shape index (κ1) is 70.7. The average Bonchev–Trinajstić information content (AvgIpc) is 3.37. The molecule has 1 N–H and O–H groups in total. The fourth-order valence-electron chi connectivity index (χ4n) is 8.55. The standard InChI is InChI=1S/C65H115NO8/c1-6-8-10-12-14-16-18-20-22-24-26-28-30-31-32-33-34-36-38-40-42-44-46-48-50-52-54-56-63(68)74-61(60-73-65(64(69)70)71-58-57-66(3,4)5)59-72-62(67)55-53-51-49-47-45-43-41-39-37-35-29-27-25-23-21-19-17-15-13-11-9-7-2/h8,10,14,16,20,22,26,28,31-32,34,36,61,65H,6-7,9,11-13,15,17-19,21,23-25,27,29-30,33,35,37-60H2,1-5H3/p+1/b10-8-,16-14-,22-20-,28-26-,32-31-,36-34-. The number of carbonyl (C=O) groups excluding carboxylic acids is 2. The number of carboxylic acid groups (broad SMARTS) is 1. The van der Waals surface area contributed by atoms with Crippen molar-refractivity contribution in [3.05, 3.63) is 72.9 Å². The monoisotopic (exact) mass is 1040 g/mol. The Morgan fingerprint density at radius 3 is 1.15 bits per heavy atom. The minimum absolute atomic E-state index is 0.184. The maximum absolute atomic E-state index is 12.9. The zero-order valence-corrected chi connectivity index (χ0v) is 48.7. The lowest BCUT2D eigenvalue weighted by Crippen LogP contribution is -2.40. The van der Waals surface area contributed by atoms with Crippen LogP contribution in [0, 0.1) is 0 Å². The van der Waals surface area contributed by atoms with Crippen LogP contribution in [0.4, 0.5) is 0 Å². The third-order valence-corrected chi connectivity index (χ3v) is 13.2. The molecule has 0 rings (SSSR count). The SMILES string of the molecule is CC/C=C\C/C=C\C/C=C\C/C=C\C/C=C\C/C=C\CCCCCCCCCCC(=O)OC(COC(=O)CCCCCCCCCCCCCCCCCCCCCCCC)COC(OCC[N+](C)(C)C)C(=O)O. The maximum Gasteiger partial charge on any atom is 0.361 e. The number of ether oxygens (including phenoxy) is 4. The first-order valence-electron chi connectivity index (χ1n) is 30.6. The average molecular weight is 1040 g/mol. The Hall–Kier alpha value is -3.27. The van der Waals surface area contributed by atoms with Gasteiger partial charge in [0, 0.05) is 12.8 Å². The second-order valence-electron chi connectivity index (χ2n) is 21.6. The molecule has 74 heavy (non-hydrogen) atoms. The van der Waals surface area contributed by atoms with Crippen LogP contribution < -0.4 is 0 Å². The van der Waals surface area contributed by atoms with Gasteiger partial charge in [0.1, 0.15) is 13.2 Å². The molecule has 2 unspecified atom stereocenters. The van der Waals surface area contributed by atoms with Crippen molar-refractivity contribution in [2.24, 2.45) is 0 Å². The Bertz CT molecular complexity index is 1440. The summed E-state index contributed by atoms with van der Waals surface area (Å²) in [6.45, 7) is 4.78. The normalized spacial score (nSPS) is 13.3. The molecular formula is C65H116NO8+.